The number of carbonyl (C=O) groups is 2. The second kappa shape index (κ2) is 12.3. The van der Waals surface area contributed by atoms with Crippen molar-refractivity contribution in [2.24, 2.45) is 0 Å². The summed E-state index contributed by atoms with van der Waals surface area (Å²) in [7, 11) is 1.59. The molecule has 1 N–H and O–H groups in total. The van der Waals surface area contributed by atoms with Crippen LogP contribution in [0.4, 0.5) is 0 Å². The predicted octanol–water partition coefficient (Wildman–Crippen LogP) is 4.83. The van der Waals surface area contributed by atoms with Gasteiger partial charge in [-0.1, -0.05) is 42.5 Å². The second-order valence-corrected chi connectivity index (χ2v) is 8.14. The minimum atomic E-state index is -0.189. The molecular formula is C29H28N2O5. The van der Waals surface area contributed by atoms with Crippen LogP contribution < -0.4 is 14.8 Å². The van der Waals surface area contributed by atoms with Gasteiger partial charge in [-0.25, -0.2) is 0 Å². The van der Waals surface area contributed by atoms with Gasteiger partial charge >= 0.3 is 0 Å². The van der Waals surface area contributed by atoms with Crippen molar-refractivity contribution >= 4 is 11.8 Å². The maximum absolute atomic E-state index is 13.1. The maximum Gasteiger partial charge on any atom is 0.261 e. The topological polar surface area (TPSA) is 81.0 Å². The van der Waals surface area contributed by atoms with Crippen LogP contribution in [0, 0.1) is 0 Å². The van der Waals surface area contributed by atoms with E-state index in [9.17, 15) is 9.59 Å². The molecule has 2 amide bonds. The van der Waals surface area contributed by atoms with Gasteiger partial charge in [-0.05, 0) is 59.7 Å². The van der Waals surface area contributed by atoms with E-state index in [2.05, 4.69) is 5.32 Å². The molecule has 0 fully saturated rings. The summed E-state index contributed by atoms with van der Waals surface area (Å²) in [6.45, 7) is 1.01. The maximum atomic E-state index is 13.1. The number of hydrogen-bond donors (Lipinski definition) is 1. The third kappa shape index (κ3) is 6.99. The van der Waals surface area contributed by atoms with Crippen LogP contribution in [-0.4, -0.2) is 30.4 Å². The van der Waals surface area contributed by atoms with Crippen LogP contribution in [-0.2, 0) is 24.5 Å². The average Bonchev–Trinajstić information content (AvgIpc) is 3.44. The Morgan fingerprint density at radius 3 is 2.11 bits per heavy atom. The zero-order valence-corrected chi connectivity index (χ0v) is 20.1. The number of nitrogens with zero attached hydrogens (tertiary/aromatic N) is 1. The Labute approximate surface area is 210 Å². The molecule has 0 spiro atoms. The number of carbonyl (C=O) groups excluding carboxylic acids is 2. The van der Waals surface area contributed by atoms with E-state index in [0.717, 1.165) is 16.9 Å². The van der Waals surface area contributed by atoms with E-state index in [4.69, 9.17) is 13.9 Å². The Morgan fingerprint density at radius 1 is 0.778 bits per heavy atom. The van der Waals surface area contributed by atoms with Crippen molar-refractivity contribution in [3.8, 4) is 11.5 Å². The molecule has 0 atom stereocenters. The van der Waals surface area contributed by atoms with Crippen molar-refractivity contribution in [2.75, 3.05) is 13.7 Å². The number of nitrogens with one attached hydrogen (secondary N) is 1. The largest absolute Gasteiger partial charge is 0.489 e. The normalized spacial score (nSPS) is 10.5. The molecule has 0 saturated heterocycles. The van der Waals surface area contributed by atoms with E-state index in [0.29, 0.717) is 36.8 Å². The molecular weight excluding hydrogens is 456 g/mol. The Morgan fingerprint density at radius 2 is 1.47 bits per heavy atom. The molecule has 4 rings (SSSR count). The number of rotatable bonds is 11. The van der Waals surface area contributed by atoms with Crippen LogP contribution in [0.15, 0.2) is 102 Å². The Balaban J connectivity index is 1.35. The molecule has 1 heterocycles. The van der Waals surface area contributed by atoms with E-state index in [1.165, 1.54) is 0 Å². The molecule has 7 heteroatoms. The lowest BCUT2D eigenvalue weighted by Crippen LogP contribution is -2.34. The molecule has 0 aliphatic carbocycles. The van der Waals surface area contributed by atoms with Crippen molar-refractivity contribution in [2.45, 2.75) is 19.7 Å². The van der Waals surface area contributed by atoms with Gasteiger partial charge in [0, 0.05) is 19.2 Å². The monoisotopic (exact) mass is 484 g/mol. The molecule has 0 aliphatic rings. The standard InChI is InChI=1S/C29H28N2O5/c1-30-29(33)24-11-9-22(10-12-24)18-31(19-27-8-5-17-34-27)28(32)21-36-26-15-13-25(14-16-26)35-20-23-6-3-2-4-7-23/h2-17H,18-21H2,1H3,(H,30,33). The van der Waals surface area contributed by atoms with Gasteiger partial charge < -0.3 is 24.1 Å². The van der Waals surface area contributed by atoms with Crippen LogP contribution in [0.1, 0.15) is 27.2 Å². The number of ether oxygens (including phenoxy) is 2. The van der Waals surface area contributed by atoms with E-state index in [1.807, 2.05) is 60.7 Å². The lowest BCUT2D eigenvalue weighted by molar-refractivity contribution is -0.134. The van der Waals surface area contributed by atoms with E-state index in [1.54, 1.807) is 48.5 Å². The molecule has 4 aromatic rings. The summed E-state index contributed by atoms with van der Waals surface area (Å²) in [6, 6.07) is 27.9. The number of amides is 2. The van der Waals surface area contributed by atoms with Crippen LogP contribution in [0.5, 0.6) is 11.5 Å². The molecule has 0 saturated carbocycles. The smallest absolute Gasteiger partial charge is 0.261 e. The third-order valence-electron chi connectivity index (χ3n) is 5.53. The van der Waals surface area contributed by atoms with Gasteiger partial charge in [0.1, 0.15) is 23.9 Å². The average molecular weight is 485 g/mol. The highest BCUT2D eigenvalue weighted by atomic mass is 16.5. The summed E-state index contributed by atoms with van der Waals surface area (Å²) in [5.41, 5.74) is 2.54. The number of hydrogen-bond acceptors (Lipinski definition) is 5. The first-order valence-electron chi connectivity index (χ1n) is 11.6. The third-order valence-corrected chi connectivity index (χ3v) is 5.53. The Kier molecular flexibility index (Phi) is 8.38. The zero-order chi connectivity index (χ0) is 25.2. The van der Waals surface area contributed by atoms with Gasteiger partial charge in [-0.15, -0.1) is 0 Å². The van der Waals surface area contributed by atoms with Crippen LogP contribution >= 0.6 is 0 Å². The fourth-order valence-electron chi connectivity index (χ4n) is 3.56. The summed E-state index contributed by atoms with van der Waals surface area (Å²) < 4.78 is 17.0. The highest BCUT2D eigenvalue weighted by Crippen LogP contribution is 2.19. The summed E-state index contributed by atoms with van der Waals surface area (Å²) in [4.78, 5) is 26.5. The van der Waals surface area contributed by atoms with Crippen molar-refractivity contribution in [3.05, 3.63) is 120 Å². The lowest BCUT2D eigenvalue weighted by Gasteiger charge is -2.22. The molecule has 7 nitrogen and oxygen atoms in total. The summed E-state index contributed by atoms with van der Waals surface area (Å²) in [5, 5.41) is 2.60. The summed E-state index contributed by atoms with van der Waals surface area (Å²) in [6.07, 6.45) is 1.58. The summed E-state index contributed by atoms with van der Waals surface area (Å²) in [5.74, 6) is 1.62. The fraction of sp³-hybridized carbons (Fsp3) is 0.172. The Hall–Kier alpha value is -4.52. The quantitative estimate of drug-likeness (QED) is 0.330. The first-order valence-corrected chi connectivity index (χ1v) is 11.6. The minimum absolute atomic E-state index is 0.124. The van der Waals surface area contributed by atoms with Crippen LogP contribution in [0.2, 0.25) is 0 Å². The molecule has 1 aromatic heterocycles. The Bertz CT molecular complexity index is 1240. The minimum Gasteiger partial charge on any atom is -0.489 e. The highest BCUT2D eigenvalue weighted by molar-refractivity contribution is 5.93. The van der Waals surface area contributed by atoms with Crippen LogP contribution in [0.3, 0.4) is 0 Å². The van der Waals surface area contributed by atoms with Crippen molar-refractivity contribution < 1.29 is 23.5 Å². The van der Waals surface area contributed by atoms with Gasteiger partial charge in [0.2, 0.25) is 0 Å². The molecule has 0 aliphatic heterocycles. The second-order valence-electron chi connectivity index (χ2n) is 8.14. The SMILES string of the molecule is CNC(=O)c1ccc(CN(Cc2ccco2)C(=O)COc2ccc(OCc3ccccc3)cc2)cc1. The number of benzene rings is 3. The van der Waals surface area contributed by atoms with Gasteiger partial charge in [0.05, 0.1) is 12.8 Å². The van der Waals surface area contributed by atoms with Crippen molar-refractivity contribution in [1.82, 2.24) is 10.2 Å². The van der Waals surface area contributed by atoms with Gasteiger partial charge in [0.25, 0.3) is 11.8 Å². The molecule has 3 aromatic carbocycles. The first-order chi connectivity index (χ1) is 17.6. The molecule has 184 valence electrons. The van der Waals surface area contributed by atoms with E-state index in [-0.39, 0.29) is 18.4 Å². The first kappa shape index (κ1) is 24.6. The highest BCUT2D eigenvalue weighted by Gasteiger charge is 2.17. The molecule has 0 unspecified atom stereocenters. The van der Waals surface area contributed by atoms with Gasteiger partial charge in [-0.2, -0.15) is 0 Å². The van der Waals surface area contributed by atoms with Gasteiger partial charge in [-0.3, -0.25) is 9.59 Å². The fourth-order valence-corrected chi connectivity index (χ4v) is 3.56. The zero-order valence-electron chi connectivity index (χ0n) is 20.1. The number of furan rings is 1. The van der Waals surface area contributed by atoms with Gasteiger partial charge in [0.15, 0.2) is 6.61 Å². The predicted molar refractivity (Wildman–Crippen MR) is 136 cm³/mol. The van der Waals surface area contributed by atoms with Crippen molar-refractivity contribution in [1.29, 1.82) is 0 Å². The summed E-state index contributed by atoms with van der Waals surface area (Å²) >= 11 is 0. The van der Waals surface area contributed by atoms with E-state index >= 15 is 0 Å². The van der Waals surface area contributed by atoms with Crippen LogP contribution in [0.25, 0.3) is 0 Å². The van der Waals surface area contributed by atoms with Crippen molar-refractivity contribution in [3.63, 3.8) is 0 Å². The van der Waals surface area contributed by atoms with E-state index < -0.39 is 0 Å². The molecule has 0 radical (unpaired) electrons. The molecule has 36 heavy (non-hydrogen) atoms. The lowest BCUT2D eigenvalue weighted by atomic mass is 10.1. The molecule has 0 bridgehead atoms.